The van der Waals surface area contributed by atoms with Crippen LogP contribution in [0.2, 0.25) is 0 Å². The number of imidazole rings is 1. The van der Waals surface area contributed by atoms with Gasteiger partial charge >= 0.3 is 0 Å². The Balaban J connectivity index is 0.000000141. The lowest BCUT2D eigenvalue weighted by Crippen LogP contribution is -3.00. The predicted octanol–water partition coefficient (Wildman–Crippen LogP) is 19.6. The normalized spacial score (nSPS) is 15.2. The van der Waals surface area contributed by atoms with Crippen LogP contribution in [0.5, 0.6) is 5.75 Å². The molecule has 7 aromatic heterocycles. The van der Waals surface area contributed by atoms with Gasteiger partial charge in [0.15, 0.2) is 28.7 Å². The average Bonchev–Trinajstić information content (AvgIpc) is 1.58. The van der Waals surface area contributed by atoms with Crippen molar-refractivity contribution < 1.29 is 80.1 Å². The maximum Gasteiger partial charge on any atom is 0.281 e. The second-order valence-electron chi connectivity index (χ2n) is 36.3. The Labute approximate surface area is 925 Å². The zero-order valence-corrected chi connectivity index (χ0v) is 96.0. The molecule has 0 saturated heterocycles. The van der Waals surface area contributed by atoms with Gasteiger partial charge in [0.1, 0.15) is 52.5 Å². The van der Waals surface area contributed by atoms with Crippen LogP contribution in [0.15, 0.2) is 335 Å². The summed E-state index contributed by atoms with van der Waals surface area (Å²) >= 11 is 10.6. The van der Waals surface area contributed by atoms with Gasteiger partial charge in [0.2, 0.25) is 27.9 Å². The van der Waals surface area contributed by atoms with Crippen LogP contribution in [0.4, 0.5) is 28.4 Å². The van der Waals surface area contributed by atoms with E-state index in [1.165, 1.54) is 157 Å². The van der Waals surface area contributed by atoms with Crippen LogP contribution in [0.3, 0.4) is 0 Å². The Hall–Kier alpha value is -12.6. The van der Waals surface area contributed by atoms with Crippen LogP contribution in [-0.2, 0) is 59.8 Å². The van der Waals surface area contributed by atoms with E-state index in [-0.39, 0.29) is 66.4 Å². The van der Waals surface area contributed by atoms with E-state index in [4.69, 9.17) is 4.74 Å². The fourth-order valence-electron chi connectivity index (χ4n) is 19.0. The zero-order valence-electron chi connectivity index (χ0n) is 86.8. The summed E-state index contributed by atoms with van der Waals surface area (Å²) in [4.78, 5) is 26.7. The molecule has 24 heteroatoms. The molecule has 0 aliphatic carbocycles. The summed E-state index contributed by atoms with van der Waals surface area (Å²) in [5.74, 6) is 3.02. The van der Waals surface area contributed by atoms with Crippen molar-refractivity contribution in [3.05, 3.63) is 409 Å². The summed E-state index contributed by atoms with van der Waals surface area (Å²) in [6.45, 7) is 30.1. The number of ether oxygens (including phenoxy) is 1. The molecule has 0 amide bonds. The first-order valence-corrected chi connectivity index (χ1v) is 54.6. The average molecular weight is 2290 g/mol. The van der Waals surface area contributed by atoms with Crippen molar-refractivity contribution in [3.8, 4) is 5.75 Å². The standard InChI is InChI=1S/C28H28N3OS2.C25H25N2.C20H21N2S.C19H22N3.C19H19N2OS.C11H15N2S2.CH4.2HI/c1-4-29-21(16-15-20-11-7-8-12-22(20)29)17-18-25-28(32)31(6-3)27(34-25)19-26-30(5-2)23-13-9-10-14-24(23)33-26;1-3-26-19-18-20(23-13-6-8-15-25(23)26)11-9-12-22-17-16-21-10-5-7-14-24(21)27(22)4-2;1-20(2)14-9-5-6-10-15(14)21(3)18(20)13-19-22(4)16-11-7-8-12-17(16)23-19;1-20(2)16-12-9-15(10-13-16)11-14-19-21(3)17-7-5-6-8-18(17)22(19)4;1-3-20-14-9-5-7-11-16(14)22-18(20)13-19-21(4-2)15-10-6-8-12-17(15)23-19;1-8-6-14-10(12(8)3)5-11-13(4)9(2)7-15-11;;;/h7-19H,4-6H2,1-3H3;5-19H,3-4H2,1-2H3;5-13H,1-4H3;5-14H,1-4H3;5-13H,3-4H2,1-2H3;5-7H,1-4H3;1H4;2*1H/q6*+1;;;/p-2. The molecule has 5 aliphatic heterocycles. The Bertz CT molecular complexity index is 8130. The molecule has 0 saturated carbocycles. The summed E-state index contributed by atoms with van der Waals surface area (Å²) in [5, 5.41) is 11.9. The third-order valence-electron chi connectivity index (χ3n) is 27.2. The number of thioether (sulfide) groups is 1. The summed E-state index contributed by atoms with van der Waals surface area (Å²) in [6, 6.07) is 87.3. The van der Waals surface area contributed by atoms with Crippen molar-refractivity contribution in [2.24, 2.45) is 28.2 Å². The van der Waals surface area contributed by atoms with Crippen LogP contribution in [0, 0.1) is 6.92 Å². The first-order valence-electron chi connectivity index (χ1n) is 49.6. The number of rotatable bonds is 17. The number of aryl methyl sites for hydroxylation is 7. The van der Waals surface area contributed by atoms with Crippen molar-refractivity contribution in [3.63, 3.8) is 0 Å². The maximum atomic E-state index is 13.2. The largest absolute Gasteiger partial charge is 1.00 e. The number of allylic oxidation sites excluding steroid dienone is 7. The number of hydrogen-bond acceptors (Lipinski definition) is 14. The molecule has 0 atom stereocenters. The highest BCUT2D eigenvalue weighted by Gasteiger charge is 2.40. The number of pyridine rings is 1. The van der Waals surface area contributed by atoms with E-state index in [0.29, 0.717) is 6.54 Å². The molecule has 22 rings (SSSR count). The van der Waals surface area contributed by atoms with Crippen LogP contribution in [0.25, 0.3) is 113 Å². The van der Waals surface area contributed by atoms with Gasteiger partial charge in [-0.3, -0.25) is 9.36 Å². The minimum Gasteiger partial charge on any atom is -1.00 e. The molecule has 0 N–H and O–H groups in total. The number of benzene rings is 10. The van der Waals surface area contributed by atoms with Crippen molar-refractivity contribution in [2.45, 2.75) is 115 Å². The molecule has 10 aromatic carbocycles. The first-order chi connectivity index (χ1) is 69.9. The van der Waals surface area contributed by atoms with E-state index in [1.54, 1.807) is 57.1 Å². The number of para-hydroxylation sites is 11. The summed E-state index contributed by atoms with van der Waals surface area (Å²) < 4.78 is 29.5. The molecule has 5 aliphatic rings. The van der Waals surface area contributed by atoms with E-state index < -0.39 is 0 Å². The number of anilines is 5. The monoisotopic (exact) mass is 2280 g/mol. The Morgan fingerprint density at radius 2 is 1.00 bits per heavy atom. The second-order valence-corrected chi connectivity index (χ2v) is 42.4. The Kier molecular flexibility index (Phi) is 37.4. The molecule has 0 bridgehead atoms. The summed E-state index contributed by atoms with van der Waals surface area (Å²) in [7, 11) is 16.9. The van der Waals surface area contributed by atoms with Gasteiger partial charge in [0.05, 0.1) is 58.3 Å². The fraction of sp³-hybridized carbons (Fsp3) is 0.228. The summed E-state index contributed by atoms with van der Waals surface area (Å²) in [5.41, 5.74) is 26.4. The SMILES string of the molecule is C.CC1=CSC(=Cc2scc(C)[n+]2C)N1C.CCN1C(=CC=Cc2cc[n+](CC)c3ccccc23)C=Cc2ccccc21.CCN1C(=CC=c2sc(=Cc3sc4ccccc4[n+]3CC)n(CC)c2=O)C=Cc2ccccc21.CCN1C(=Cc2sc3ccccc3[n+]2CC)Oc2ccccc21.CN(C)c1ccc(C=Cc2n(C)c3ccccc3[n+]2C)cc1.CN1C(=Cc2sc3ccccc3[n+]2C)C(C)(C)c2ccccc21.[I-].[I-]. The predicted molar refractivity (Wildman–Crippen MR) is 624 cm³/mol. The van der Waals surface area contributed by atoms with Crippen molar-refractivity contribution in [1.29, 1.82) is 0 Å². The minimum absolute atomic E-state index is 0. The van der Waals surface area contributed by atoms with E-state index >= 15 is 0 Å². The van der Waals surface area contributed by atoms with Crippen LogP contribution < -0.4 is 119 Å². The number of hydrogen-bond donors (Lipinski definition) is 0. The number of halogens is 2. The molecule has 147 heavy (non-hydrogen) atoms. The number of nitrogens with zero attached hydrogens (tertiary/aromatic N) is 14. The molecule has 12 heterocycles. The van der Waals surface area contributed by atoms with E-state index in [2.05, 4.69) is 526 Å². The number of likely N-dealkylation sites (N-methyl/N-ethyl adjacent to an activating group) is 3. The molecule has 0 spiro atoms. The van der Waals surface area contributed by atoms with E-state index in [0.717, 1.165) is 71.5 Å². The summed E-state index contributed by atoms with van der Waals surface area (Å²) in [6.07, 6.45) is 34.7. The lowest BCUT2D eigenvalue weighted by atomic mass is 9.84. The van der Waals surface area contributed by atoms with Crippen LogP contribution in [-0.4, -0.2) is 61.9 Å². The van der Waals surface area contributed by atoms with Gasteiger partial charge < -0.3 is 82.1 Å². The molecule has 0 fully saturated rings. The van der Waals surface area contributed by atoms with Gasteiger partial charge in [-0.1, -0.05) is 242 Å². The zero-order chi connectivity index (χ0) is 101. The van der Waals surface area contributed by atoms with Gasteiger partial charge in [0.25, 0.3) is 31.4 Å². The maximum absolute atomic E-state index is 13.2. The van der Waals surface area contributed by atoms with E-state index in [9.17, 15) is 4.79 Å². The van der Waals surface area contributed by atoms with Gasteiger partial charge in [0, 0.05) is 155 Å². The second kappa shape index (κ2) is 49.9. The smallest absolute Gasteiger partial charge is 0.281 e. The van der Waals surface area contributed by atoms with Gasteiger partial charge in [-0.25, -0.2) is 9.13 Å². The van der Waals surface area contributed by atoms with E-state index in [1.807, 2.05) is 41.0 Å². The van der Waals surface area contributed by atoms with Crippen LogP contribution in [0.1, 0.15) is 136 Å². The Morgan fingerprint density at radius 1 is 0.463 bits per heavy atom. The molecular formula is C123H134I2N14O2S6+4. The van der Waals surface area contributed by atoms with Crippen LogP contribution >= 0.6 is 68.4 Å². The minimum atomic E-state index is 0. The highest BCUT2D eigenvalue weighted by molar-refractivity contribution is 8.06. The highest BCUT2D eigenvalue weighted by atomic mass is 127. The topological polar surface area (TPSA) is 78.9 Å². The third kappa shape index (κ3) is 23.7. The van der Waals surface area contributed by atoms with Gasteiger partial charge in [-0.05, 0) is 204 Å². The Morgan fingerprint density at radius 3 is 1.56 bits per heavy atom. The third-order valence-corrected chi connectivity index (χ3v) is 33.8. The van der Waals surface area contributed by atoms with Crippen molar-refractivity contribution in [2.75, 3.05) is 72.3 Å². The fourth-order valence-corrected chi connectivity index (χ4v) is 25.5. The van der Waals surface area contributed by atoms with Gasteiger partial charge in [-0.2, -0.15) is 22.8 Å². The molecule has 0 unspecified atom stereocenters. The molecule has 0 radical (unpaired) electrons. The quantitative estimate of drug-likeness (QED) is 0.0654. The number of fused-ring (bicyclic) bond motifs is 9. The highest BCUT2D eigenvalue weighted by Crippen LogP contribution is 2.48. The molecular weight excluding hydrogens is 2150 g/mol. The lowest BCUT2D eigenvalue weighted by molar-refractivity contribution is -0.674. The van der Waals surface area contributed by atoms with Crippen molar-refractivity contribution >= 4 is 210 Å². The molecule has 16 nitrogen and oxygen atoms in total. The van der Waals surface area contributed by atoms with Crippen molar-refractivity contribution in [1.82, 2.24) is 14.0 Å². The first kappa shape index (κ1) is 110. The molecule has 754 valence electrons. The molecule has 17 aromatic rings. The van der Waals surface area contributed by atoms with Gasteiger partial charge in [-0.15, -0.1) is 11.3 Å². The number of aromatic nitrogens is 8. The number of thiazole rings is 5. The lowest BCUT2D eigenvalue weighted by Gasteiger charge is -2.29.